The lowest BCUT2D eigenvalue weighted by atomic mass is 10.0. The molecule has 0 unspecified atom stereocenters. The fourth-order valence-corrected chi connectivity index (χ4v) is 3.31. The van der Waals surface area contributed by atoms with Crippen molar-refractivity contribution in [1.29, 1.82) is 0 Å². The molecule has 6 nitrogen and oxygen atoms in total. The van der Waals surface area contributed by atoms with Gasteiger partial charge >= 0.3 is 0 Å². The van der Waals surface area contributed by atoms with Crippen molar-refractivity contribution in [2.24, 2.45) is 12.8 Å². The van der Waals surface area contributed by atoms with Gasteiger partial charge < -0.3 is 5.73 Å². The van der Waals surface area contributed by atoms with E-state index >= 15 is 0 Å². The number of aryl methyl sites for hydroxylation is 1. The predicted octanol–water partition coefficient (Wildman–Crippen LogP) is 2.23. The van der Waals surface area contributed by atoms with Gasteiger partial charge in [0.05, 0.1) is 17.1 Å². The Morgan fingerprint density at radius 2 is 2.20 bits per heavy atom. The molecule has 0 amide bonds. The molecule has 0 radical (unpaired) electrons. The van der Waals surface area contributed by atoms with Crippen LogP contribution < -0.4 is 11.3 Å². The van der Waals surface area contributed by atoms with Gasteiger partial charge in [0.15, 0.2) is 0 Å². The lowest BCUT2D eigenvalue weighted by molar-refractivity contribution is 0.623. The van der Waals surface area contributed by atoms with Gasteiger partial charge in [0.1, 0.15) is 11.6 Å². The van der Waals surface area contributed by atoms with Crippen LogP contribution in [0.15, 0.2) is 29.3 Å². The van der Waals surface area contributed by atoms with Gasteiger partial charge in [-0.25, -0.2) is 9.37 Å². The molecule has 3 aromatic rings. The quantitative estimate of drug-likeness (QED) is 0.776. The molecule has 1 aliphatic rings. The molecule has 2 N–H and O–H groups in total. The minimum absolute atomic E-state index is 0.226. The normalized spacial score (nSPS) is 16.6. The number of nitrogens with zero attached hydrogens (tertiary/aromatic N) is 4. The highest BCUT2D eigenvalue weighted by Gasteiger charge is 2.23. The van der Waals surface area contributed by atoms with E-state index in [4.69, 9.17) is 5.73 Å². The maximum Gasteiger partial charge on any atom is 0.261 e. The zero-order chi connectivity index (χ0) is 17.7. The number of benzene rings is 1. The Hall–Kier alpha value is -2.80. The Labute approximate surface area is 143 Å². The van der Waals surface area contributed by atoms with Gasteiger partial charge in [0.2, 0.25) is 0 Å². The van der Waals surface area contributed by atoms with Crippen molar-refractivity contribution in [3.8, 4) is 0 Å². The van der Waals surface area contributed by atoms with Crippen LogP contribution in [-0.4, -0.2) is 19.3 Å². The molecular formula is C18H18FN5O. The third-order valence-electron chi connectivity index (χ3n) is 4.50. The van der Waals surface area contributed by atoms with Crippen LogP contribution >= 0.6 is 0 Å². The fourth-order valence-electron chi connectivity index (χ4n) is 3.31. The molecule has 3 heterocycles. The minimum atomic E-state index is -0.469. The van der Waals surface area contributed by atoms with Gasteiger partial charge in [-0.1, -0.05) is 0 Å². The monoisotopic (exact) mass is 339 g/mol. The van der Waals surface area contributed by atoms with Gasteiger partial charge in [-0.15, -0.1) is 0 Å². The average Bonchev–Trinajstić information content (AvgIpc) is 3.15. The molecule has 0 saturated carbocycles. The molecule has 0 bridgehead atoms. The van der Waals surface area contributed by atoms with Crippen LogP contribution in [0.25, 0.3) is 22.6 Å². The lowest BCUT2D eigenvalue weighted by Crippen LogP contribution is -2.22. The molecule has 1 aromatic carbocycles. The predicted molar refractivity (Wildman–Crippen MR) is 94.3 cm³/mol. The van der Waals surface area contributed by atoms with Crippen LogP contribution in [0.4, 0.5) is 4.39 Å². The van der Waals surface area contributed by atoms with Crippen molar-refractivity contribution < 1.29 is 4.39 Å². The van der Waals surface area contributed by atoms with Crippen molar-refractivity contribution in [3.05, 3.63) is 57.6 Å². The summed E-state index contributed by atoms with van der Waals surface area (Å²) in [6.07, 6.45) is 6.35. The minimum Gasteiger partial charge on any atom is -0.324 e. The Morgan fingerprint density at radius 1 is 1.40 bits per heavy atom. The Kier molecular flexibility index (Phi) is 3.54. The maximum absolute atomic E-state index is 13.9. The van der Waals surface area contributed by atoms with Crippen molar-refractivity contribution in [3.63, 3.8) is 0 Å². The second-order valence-electron chi connectivity index (χ2n) is 6.44. The maximum atomic E-state index is 13.9. The zero-order valence-corrected chi connectivity index (χ0v) is 14.0. The van der Waals surface area contributed by atoms with E-state index in [-0.39, 0.29) is 10.9 Å². The number of allylic oxidation sites excluding steroid dienone is 1. The first-order valence-corrected chi connectivity index (χ1v) is 8.13. The third-order valence-corrected chi connectivity index (χ3v) is 4.50. The number of aromatic nitrogens is 4. The van der Waals surface area contributed by atoms with Crippen LogP contribution in [0.5, 0.6) is 0 Å². The third kappa shape index (κ3) is 2.56. The van der Waals surface area contributed by atoms with Crippen LogP contribution in [0.3, 0.4) is 0 Å². The van der Waals surface area contributed by atoms with Crippen molar-refractivity contribution in [2.45, 2.75) is 25.9 Å². The first-order chi connectivity index (χ1) is 11.9. The van der Waals surface area contributed by atoms with E-state index in [0.717, 1.165) is 11.1 Å². The highest BCUT2D eigenvalue weighted by Crippen LogP contribution is 2.29. The summed E-state index contributed by atoms with van der Waals surface area (Å²) < 4.78 is 17.2. The topological polar surface area (TPSA) is 78.7 Å². The van der Waals surface area contributed by atoms with E-state index in [9.17, 15) is 9.18 Å². The number of halogens is 1. The van der Waals surface area contributed by atoms with E-state index in [2.05, 4.69) is 10.1 Å². The molecule has 1 atom stereocenters. The van der Waals surface area contributed by atoms with Gasteiger partial charge in [-0.3, -0.25) is 14.0 Å². The molecule has 1 aliphatic heterocycles. The molecule has 0 spiro atoms. The van der Waals surface area contributed by atoms with E-state index in [1.165, 1.54) is 12.1 Å². The number of fused-ring (bicyclic) bond motifs is 2. The summed E-state index contributed by atoms with van der Waals surface area (Å²) in [5.74, 6) is 0.151. The summed E-state index contributed by atoms with van der Waals surface area (Å²) in [5, 5.41) is 4.43. The Morgan fingerprint density at radius 3 is 2.88 bits per heavy atom. The molecule has 128 valence electrons. The van der Waals surface area contributed by atoms with Crippen LogP contribution in [-0.2, 0) is 13.6 Å². The largest absolute Gasteiger partial charge is 0.324 e. The molecule has 2 aromatic heterocycles. The molecule has 4 rings (SSSR count). The number of hydrogen-bond donors (Lipinski definition) is 1. The van der Waals surface area contributed by atoms with E-state index in [0.29, 0.717) is 29.9 Å². The second kappa shape index (κ2) is 5.63. The molecule has 0 aliphatic carbocycles. The molecule has 25 heavy (non-hydrogen) atoms. The first kappa shape index (κ1) is 15.7. The van der Waals surface area contributed by atoms with Crippen molar-refractivity contribution in [2.75, 3.05) is 0 Å². The standard InChI is InChI=1S/C18H18FN5O/c1-10(20)14-6-13(19)7-15-16(14)22-17-12(3-4-24(17)18(15)25)5-11-8-21-23(2)9-11/h5-10H,3-4,20H2,1-2H3/t10-/m1/s1. The molecule has 0 fully saturated rings. The van der Waals surface area contributed by atoms with E-state index in [1.54, 1.807) is 22.4 Å². The summed E-state index contributed by atoms with van der Waals surface area (Å²) in [4.78, 5) is 17.5. The van der Waals surface area contributed by atoms with Crippen molar-refractivity contribution >= 4 is 22.6 Å². The summed E-state index contributed by atoms with van der Waals surface area (Å²) in [6, 6.07) is 2.18. The zero-order valence-electron chi connectivity index (χ0n) is 14.0. The summed E-state index contributed by atoms with van der Waals surface area (Å²) in [6.45, 7) is 2.29. The van der Waals surface area contributed by atoms with Crippen LogP contribution in [0, 0.1) is 5.82 Å². The first-order valence-electron chi connectivity index (χ1n) is 8.13. The highest BCUT2D eigenvalue weighted by molar-refractivity contribution is 5.86. The number of hydrogen-bond acceptors (Lipinski definition) is 4. The summed E-state index contributed by atoms with van der Waals surface area (Å²) in [5.41, 5.74) is 8.68. The molecule has 0 saturated heterocycles. The highest BCUT2D eigenvalue weighted by atomic mass is 19.1. The van der Waals surface area contributed by atoms with Gasteiger partial charge in [0, 0.05) is 31.4 Å². The second-order valence-corrected chi connectivity index (χ2v) is 6.44. The SMILES string of the molecule is C[C@@H](N)c1cc(F)cc2c(=O)n3c(nc12)C(=Cc1cnn(C)c1)CC3. The Bertz CT molecular complexity index is 1080. The smallest absolute Gasteiger partial charge is 0.261 e. The lowest BCUT2D eigenvalue weighted by Gasteiger charge is -2.12. The van der Waals surface area contributed by atoms with Crippen molar-refractivity contribution in [1.82, 2.24) is 19.3 Å². The molecule has 7 heteroatoms. The summed E-state index contributed by atoms with van der Waals surface area (Å²) >= 11 is 0. The average molecular weight is 339 g/mol. The summed E-state index contributed by atoms with van der Waals surface area (Å²) in [7, 11) is 1.85. The number of nitrogens with two attached hydrogens (primary N) is 1. The van der Waals surface area contributed by atoms with E-state index < -0.39 is 11.9 Å². The van der Waals surface area contributed by atoms with Crippen LogP contribution in [0.1, 0.15) is 36.3 Å². The molecular weight excluding hydrogens is 321 g/mol. The Balaban J connectivity index is 1.97. The fraction of sp³-hybridized carbons (Fsp3) is 0.278. The van der Waals surface area contributed by atoms with Gasteiger partial charge in [-0.05, 0) is 42.7 Å². The van der Waals surface area contributed by atoms with E-state index in [1.807, 2.05) is 19.3 Å². The van der Waals surface area contributed by atoms with Gasteiger partial charge in [-0.2, -0.15) is 5.10 Å². The van der Waals surface area contributed by atoms with Gasteiger partial charge in [0.25, 0.3) is 5.56 Å². The van der Waals surface area contributed by atoms with Crippen LogP contribution in [0.2, 0.25) is 0 Å². The number of rotatable bonds is 2.